The van der Waals surface area contributed by atoms with Gasteiger partial charge < -0.3 is 10.6 Å². The summed E-state index contributed by atoms with van der Waals surface area (Å²) in [6.45, 7) is 3.02. The molecule has 1 aromatic carbocycles. The van der Waals surface area contributed by atoms with Crippen LogP contribution >= 0.6 is 0 Å². The maximum absolute atomic E-state index is 11.6. The number of amides is 1. The Kier molecular flexibility index (Phi) is 5.14. The lowest BCUT2D eigenvalue weighted by Crippen LogP contribution is -2.35. The molecule has 0 heterocycles. The number of nitro benzene ring substituents is 1. The minimum absolute atomic E-state index is 0.0912. The van der Waals surface area contributed by atoms with Crippen LogP contribution < -0.4 is 10.6 Å². The summed E-state index contributed by atoms with van der Waals surface area (Å²) in [7, 11) is 0. The molecule has 1 aliphatic rings. The highest BCUT2D eigenvalue weighted by Crippen LogP contribution is 2.26. The Morgan fingerprint density at radius 2 is 2.14 bits per heavy atom. The van der Waals surface area contributed by atoms with Crippen molar-refractivity contribution in [3.05, 3.63) is 33.9 Å². The molecule has 114 valence electrons. The minimum Gasteiger partial charge on any atom is -0.379 e. The highest BCUT2D eigenvalue weighted by atomic mass is 16.6. The van der Waals surface area contributed by atoms with Crippen LogP contribution in [0.25, 0.3) is 0 Å². The number of nitrogens with one attached hydrogen (secondary N) is 2. The Bertz CT molecular complexity index is 527. The lowest BCUT2D eigenvalue weighted by Gasteiger charge is -2.24. The van der Waals surface area contributed by atoms with Gasteiger partial charge in [0.2, 0.25) is 5.91 Å². The summed E-state index contributed by atoms with van der Waals surface area (Å²) in [5, 5.41) is 16.9. The molecule has 1 saturated carbocycles. The van der Waals surface area contributed by atoms with Crippen LogP contribution in [0.2, 0.25) is 0 Å². The fourth-order valence-electron chi connectivity index (χ4n) is 2.28. The van der Waals surface area contributed by atoms with Crippen molar-refractivity contribution in [1.29, 1.82) is 0 Å². The van der Waals surface area contributed by atoms with Crippen LogP contribution in [-0.2, 0) is 4.79 Å². The van der Waals surface area contributed by atoms with E-state index < -0.39 is 0 Å². The highest BCUT2D eigenvalue weighted by molar-refractivity contribution is 5.79. The molecular formula is C15H21N3O3. The van der Waals surface area contributed by atoms with E-state index in [9.17, 15) is 14.9 Å². The van der Waals surface area contributed by atoms with Crippen LogP contribution in [0.5, 0.6) is 0 Å². The molecule has 1 aromatic rings. The zero-order valence-corrected chi connectivity index (χ0v) is 12.2. The van der Waals surface area contributed by atoms with E-state index >= 15 is 0 Å². The maximum Gasteiger partial charge on any atom is 0.292 e. The summed E-state index contributed by atoms with van der Waals surface area (Å²) >= 11 is 0. The van der Waals surface area contributed by atoms with E-state index in [1.807, 2.05) is 13.0 Å². The lowest BCUT2D eigenvalue weighted by molar-refractivity contribution is -0.384. The van der Waals surface area contributed by atoms with E-state index in [0.29, 0.717) is 18.8 Å². The third kappa shape index (κ3) is 4.18. The van der Waals surface area contributed by atoms with Crippen LogP contribution in [0.3, 0.4) is 0 Å². The molecule has 1 amide bonds. The predicted octanol–water partition coefficient (Wildman–Crippen LogP) is 2.62. The fraction of sp³-hybridized carbons (Fsp3) is 0.533. The SMILES string of the molecule is Cc1ccc(NCCCNC(=O)C2CCC2)c([N+](=O)[O-])c1. The molecule has 0 spiro atoms. The van der Waals surface area contributed by atoms with E-state index in [-0.39, 0.29) is 22.4 Å². The smallest absolute Gasteiger partial charge is 0.292 e. The maximum atomic E-state index is 11.6. The van der Waals surface area contributed by atoms with Crippen molar-refractivity contribution < 1.29 is 9.72 Å². The Hall–Kier alpha value is -2.11. The number of hydrogen-bond acceptors (Lipinski definition) is 4. The largest absolute Gasteiger partial charge is 0.379 e. The number of carbonyl (C=O) groups excluding carboxylic acids is 1. The summed E-state index contributed by atoms with van der Waals surface area (Å²) in [6.07, 6.45) is 3.89. The van der Waals surface area contributed by atoms with Gasteiger partial charge in [-0.1, -0.05) is 12.5 Å². The molecular weight excluding hydrogens is 270 g/mol. The molecule has 0 atom stereocenters. The third-order valence-electron chi connectivity index (χ3n) is 3.79. The molecule has 0 saturated heterocycles. The second kappa shape index (κ2) is 7.06. The molecule has 1 fully saturated rings. The molecule has 0 bridgehead atoms. The van der Waals surface area contributed by atoms with Gasteiger partial charge in [0.15, 0.2) is 0 Å². The van der Waals surface area contributed by atoms with Crippen molar-refractivity contribution in [3.63, 3.8) is 0 Å². The molecule has 2 rings (SSSR count). The first-order valence-corrected chi connectivity index (χ1v) is 7.34. The summed E-state index contributed by atoms with van der Waals surface area (Å²) in [5.41, 5.74) is 1.48. The van der Waals surface area contributed by atoms with Crippen LogP contribution in [0.1, 0.15) is 31.2 Å². The first-order chi connectivity index (χ1) is 10.1. The monoisotopic (exact) mass is 291 g/mol. The predicted molar refractivity (Wildman–Crippen MR) is 81.3 cm³/mol. The quantitative estimate of drug-likeness (QED) is 0.459. The van der Waals surface area contributed by atoms with Gasteiger partial charge in [-0.2, -0.15) is 0 Å². The van der Waals surface area contributed by atoms with Gasteiger partial charge >= 0.3 is 0 Å². The van der Waals surface area contributed by atoms with Crippen LogP contribution in [-0.4, -0.2) is 23.9 Å². The molecule has 6 nitrogen and oxygen atoms in total. The fourth-order valence-corrected chi connectivity index (χ4v) is 2.28. The van der Waals surface area contributed by atoms with Gasteiger partial charge in [-0.15, -0.1) is 0 Å². The molecule has 0 aromatic heterocycles. The number of nitrogens with zero attached hydrogens (tertiary/aromatic N) is 1. The van der Waals surface area contributed by atoms with Crippen molar-refractivity contribution in [2.45, 2.75) is 32.6 Å². The van der Waals surface area contributed by atoms with Gasteiger partial charge in [-0.3, -0.25) is 14.9 Å². The van der Waals surface area contributed by atoms with Gasteiger partial charge in [0.25, 0.3) is 5.69 Å². The Morgan fingerprint density at radius 3 is 2.76 bits per heavy atom. The van der Waals surface area contributed by atoms with Crippen LogP contribution in [0, 0.1) is 23.0 Å². The van der Waals surface area contributed by atoms with Crippen molar-refractivity contribution in [2.24, 2.45) is 5.92 Å². The van der Waals surface area contributed by atoms with Gasteiger partial charge in [-0.05, 0) is 37.8 Å². The zero-order valence-electron chi connectivity index (χ0n) is 12.2. The first kappa shape index (κ1) is 15.3. The summed E-state index contributed by atoms with van der Waals surface area (Å²) < 4.78 is 0. The average molecular weight is 291 g/mol. The molecule has 21 heavy (non-hydrogen) atoms. The number of aryl methyl sites for hydroxylation is 1. The number of rotatable bonds is 7. The molecule has 0 unspecified atom stereocenters. The Labute approximate surface area is 124 Å². The number of nitro groups is 1. The standard InChI is InChI=1S/C15H21N3O3/c1-11-6-7-13(14(10-11)18(20)21)16-8-3-9-17-15(19)12-4-2-5-12/h6-7,10,12,16H,2-5,8-9H2,1H3,(H,17,19). The molecule has 0 aliphatic heterocycles. The molecule has 2 N–H and O–H groups in total. The molecule has 6 heteroatoms. The van der Waals surface area contributed by atoms with Crippen molar-refractivity contribution in [1.82, 2.24) is 5.32 Å². The second-order valence-corrected chi connectivity index (χ2v) is 5.48. The van der Waals surface area contributed by atoms with Crippen molar-refractivity contribution >= 4 is 17.3 Å². The summed E-state index contributed by atoms with van der Waals surface area (Å²) in [6, 6.07) is 5.12. The van der Waals surface area contributed by atoms with E-state index in [1.54, 1.807) is 12.1 Å². The number of carbonyl (C=O) groups is 1. The average Bonchev–Trinajstić information content (AvgIpc) is 2.37. The van der Waals surface area contributed by atoms with Crippen molar-refractivity contribution in [3.8, 4) is 0 Å². The third-order valence-corrected chi connectivity index (χ3v) is 3.79. The zero-order chi connectivity index (χ0) is 15.2. The summed E-state index contributed by atoms with van der Waals surface area (Å²) in [5.74, 6) is 0.346. The Balaban J connectivity index is 1.73. The van der Waals surface area contributed by atoms with Gasteiger partial charge in [0.05, 0.1) is 4.92 Å². The van der Waals surface area contributed by atoms with Crippen LogP contribution in [0.15, 0.2) is 18.2 Å². The normalized spacial score (nSPS) is 14.3. The lowest BCUT2D eigenvalue weighted by atomic mass is 9.85. The van der Waals surface area contributed by atoms with E-state index in [2.05, 4.69) is 10.6 Å². The van der Waals surface area contributed by atoms with Gasteiger partial charge in [0, 0.05) is 25.1 Å². The number of hydrogen-bond donors (Lipinski definition) is 2. The molecule has 0 radical (unpaired) electrons. The van der Waals surface area contributed by atoms with E-state index in [4.69, 9.17) is 0 Å². The number of anilines is 1. The first-order valence-electron chi connectivity index (χ1n) is 7.34. The van der Waals surface area contributed by atoms with E-state index in [1.165, 1.54) is 0 Å². The topological polar surface area (TPSA) is 84.3 Å². The number of benzene rings is 1. The highest BCUT2D eigenvalue weighted by Gasteiger charge is 2.24. The van der Waals surface area contributed by atoms with Gasteiger partial charge in [-0.25, -0.2) is 0 Å². The van der Waals surface area contributed by atoms with Crippen molar-refractivity contribution in [2.75, 3.05) is 18.4 Å². The second-order valence-electron chi connectivity index (χ2n) is 5.48. The van der Waals surface area contributed by atoms with E-state index in [0.717, 1.165) is 31.2 Å². The summed E-state index contributed by atoms with van der Waals surface area (Å²) in [4.78, 5) is 22.2. The molecule has 1 aliphatic carbocycles. The minimum atomic E-state index is -0.381. The van der Waals surface area contributed by atoms with Crippen LogP contribution in [0.4, 0.5) is 11.4 Å². The van der Waals surface area contributed by atoms with Gasteiger partial charge in [0.1, 0.15) is 5.69 Å². The Morgan fingerprint density at radius 1 is 1.38 bits per heavy atom.